The van der Waals surface area contributed by atoms with Crippen molar-refractivity contribution in [2.24, 2.45) is 0 Å². The van der Waals surface area contributed by atoms with Crippen LogP contribution in [0.4, 0.5) is 0 Å². The number of H-pyrrole nitrogens is 1. The average Bonchev–Trinajstić information content (AvgIpc) is 2.35. The Bertz CT molecular complexity index is 698. The maximum Gasteiger partial charge on any atom is 0.341 e. The molecule has 19 heavy (non-hydrogen) atoms. The summed E-state index contributed by atoms with van der Waals surface area (Å²) in [5.74, 6) is -0.815. The van der Waals surface area contributed by atoms with Crippen molar-refractivity contribution in [3.05, 3.63) is 45.2 Å². The second-order valence-corrected chi connectivity index (χ2v) is 4.93. The molecule has 1 aromatic carbocycles. The summed E-state index contributed by atoms with van der Waals surface area (Å²) in [7, 11) is 0. The molecular weight excluding hydrogens is 242 g/mol. The minimum Gasteiger partial charge on any atom is -0.477 e. The van der Waals surface area contributed by atoms with Gasteiger partial charge in [-0.2, -0.15) is 0 Å². The highest BCUT2D eigenvalue weighted by Gasteiger charge is 2.17. The van der Waals surface area contributed by atoms with Gasteiger partial charge in [0.2, 0.25) is 0 Å². The number of rotatable bonds is 3. The number of hydrogen-bond donors (Lipinski definition) is 2. The third-order valence-corrected chi connectivity index (χ3v) is 3.38. The maximum atomic E-state index is 11.8. The lowest BCUT2D eigenvalue weighted by Gasteiger charge is -2.11. The summed E-state index contributed by atoms with van der Waals surface area (Å²) in [5, 5.41) is 10.0. The summed E-state index contributed by atoms with van der Waals surface area (Å²) in [6, 6.07) is 5.78. The number of nitrogens with one attached hydrogen (secondary N) is 1. The SMILES string of the molecule is CCc1c(C(=O)O)c(=O)[nH]c2ccc(C(C)C)cc12. The molecule has 4 heteroatoms. The fourth-order valence-electron chi connectivity index (χ4n) is 2.33. The highest BCUT2D eigenvalue weighted by atomic mass is 16.4. The van der Waals surface area contributed by atoms with Crippen LogP contribution in [0, 0.1) is 0 Å². The molecule has 2 rings (SSSR count). The van der Waals surface area contributed by atoms with Crippen molar-refractivity contribution < 1.29 is 9.90 Å². The van der Waals surface area contributed by atoms with E-state index in [9.17, 15) is 14.7 Å². The number of fused-ring (bicyclic) bond motifs is 1. The molecule has 2 N–H and O–H groups in total. The largest absolute Gasteiger partial charge is 0.477 e. The van der Waals surface area contributed by atoms with Gasteiger partial charge in [-0.1, -0.05) is 26.8 Å². The van der Waals surface area contributed by atoms with Gasteiger partial charge in [0.1, 0.15) is 5.56 Å². The molecule has 0 aliphatic heterocycles. The number of benzene rings is 1. The zero-order valence-electron chi connectivity index (χ0n) is 11.3. The molecule has 1 aromatic heterocycles. The van der Waals surface area contributed by atoms with E-state index >= 15 is 0 Å². The van der Waals surface area contributed by atoms with Crippen LogP contribution in [0.25, 0.3) is 10.9 Å². The van der Waals surface area contributed by atoms with E-state index in [1.54, 1.807) is 0 Å². The van der Waals surface area contributed by atoms with Crippen molar-refractivity contribution in [1.29, 1.82) is 0 Å². The Balaban J connectivity index is 2.89. The molecular formula is C15H17NO3. The predicted molar refractivity (Wildman–Crippen MR) is 75.0 cm³/mol. The van der Waals surface area contributed by atoms with Gasteiger partial charge in [0.05, 0.1) is 0 Å². The highest BCUT2D eigenvalue weighted by Crippen LogP contribution is 2.24. The van der Waals surface area contributed by atoms with Crippen LogP contribution in [0.2, 0.25) is 0 Å². The molecule has 4 nitrogen and oxygen atoms in total. The summed E-state index contributed by atoms with van der Waals surface area (Å²) in [5.41, 5.74) is 1.75. The van der Waals surface area contributed by atoms with Crippen molar-refractivity contribution in [1.82, 2.24) is 4.98 Å². The van der Waals surface area contributed by atoms with E-state index in [-0.39, 0.29) is 5.56 Å². The second kappa shape index (κ2) is 4.88. The van der Waals surface area contributed by atoms with Crippen LogP contribution in [-0.4, -0.2) is 16.1 Å². The van der Waals surface area contributed by atoms with Gasteiger partial charge < -0.3 is 10.1 Å². The molecule has 0 atom stereocenters. The summed E-state index contributed by atoms with van der Waals surface area (Å²) in [6.07, 6.45) is 0.517. The first-order valence-corrected chi connectivity index (χ1v) is 6.37. The Morgan fingerprint density at radius 3 is 2.58 bits per heavy atom. The fraction of sp³-hybridized carbons (Fsp3) is 0.333. The lowest BCUT2D eigenvalue weighted by atomic mass is 9.96. The third-order valence-electron chi connectivity index (χ3n) is 3.38. The number of aromatic nitrogens is 1. The molecule has 0 unspecified atom stereocenters. The first-order chi connectivity index (χ1) is 8.95. The Labute approximate surface area is 111 Å². The molecule has 0 saturated heterocycles. The molecule has 0 bridgehead atoms. The summed E-state index contributed by atoms with van der Waals surface area (Å²) >= 11 is 0. The minimum atomic E-state index is -1.17. The number of aromatic carboxylic acids is 1. The summed E-state index contributed by atoms with van der Waals surface area (Å²) < 4.78 is 0. The normalized spacial score (nSPS) is 11.2. The molecule has 0 radical (unpaired) electrons. The van der Waals surface area contributed by atoms with Crippen molar-refractivity contribution in [3.63, 3.8) is 0 Å². The van der Waals surface area contributed by atoms with Crippen LogP contribution in [0.5, 0.6) is 0 Å². The van der Waals surface area contributed by atoms with E-state index in [4.69, 9.17) is 0 Å². The topological polar surface area (TPSA) is 70.2 Å². The number of hydrogen-bond acceptors (Lipinski definition) is 2. The number of carbonyl (C=O) groups is 1. The lowest BCUT2D eigenvalue weighted by molar-refractivity contribution is 0.0694. The molecule has 0 amide bonds. The van der Waals surface area contributed by atoms with E-state index in [0.29, 0.717) is 23.4 Å². The van der Waals surface area contributed by atoms with Crippen LogP contribution in [0.15, 0.2) is 23.0 Å². The Morgan fingerprint density at radius 1 is 1.37 bits per heavy atom. The summed E-state index contributed by atoms with van der Waals surface area (Å²) in [4.78, 5) is 25.7. The van der Waals surface area contributed by atoms with Crippen LogP contribution in [0.1, 0.15) is 48.2 Å². The van der Waals surface area contributed by atoms with Crippen LogP contribution >= 0.6 is 0 Å². The molecule has 1 heterocycles. The molecule has 0 saturated carbocycles. The third kappa shape index (κ3) is 2.26. The molecule has 2 aromatic rings. The second-order valence-electron chi connectivity index (χ2n) is 4.93. The standard InChI is InChI=1S/C15H17NO3/c1-4-10-11-7-9(8(2)3)5-6-12(11)16-14(17)13(10)15(18)19/h5-8H,4H2,1-3H3,(H,16,17)(H,18,19). The first-order valence-electron chi connectivity index (χ1n) is 6.37. The Kier molecular flexibility index (Phi) is 3.42. The highest BCUT2D eigenvalue weighted by molar-refractivity contribution is 5.96. The number of carboxylic acids is 1. The number of aromatic amines is 1. The van der Waals surface area contributed by atoms with Crippen molar-refractivity contribution in [2.75, 3.05) is 0 Å². The van der Waals surface area contributed by atoms with Gasteiger partial charge in [-0.3, -0.25) is 4.79 Å². The van der Waals surface area contributed by atoms with E-state index in [1.165, 1.54) is 0 Å². The molecule has 0 aliphatic rings. The van der Waals surface area contributed by atoms with E-state index in [1.807, 2.05) is 25.1 Å². The number of aryl methyl sites for hydroxylation is 1. The Hall–Kier alpha value is -2.10. The van der Waals surface area contributed by atoms with Gasteiger partial charge in [0.25, 0.3) is 5.56 Å². The van der Waals surface area contributed by atoms with Gasteiger partial charge in [-0.05, 0) is 35.6 Å². The zero-order chi connectivity index (χ0) is 14.2. The zero-order valence-corrected chi connectivity index (χ0v) is 11.3. The number of carboxylic acid groups (broad SMARTS) is 1. The number of pyridine rings is 1. The van der Waals surface area contributed by atoms with E-state index < -0.39 is 11.5 Å². The van der Waals surface area contributed by atoms with Gasteiger partial charge in [-0.25, -0.2) is 4.79 Å². The smallest absolute Gasteiger partial charge is 0.341 e. The molecule has 0 spiro atoms. The van der Waals surface area contributed by atoms with Crippen LogP contribution < -0.4 is 5.56 Å². The van der Waals surface area contributed by atoms with E-state index in [2.05, 4.69) is 18.8 Å². The van der Waals surface area contributed by atoms with E-state index in [0.717, 1.165) is 10.9 Å². The molecule has 0 fully saturated rings. The van der Waals surface area contributed by atoms with Crippen LogP contribution in [-0.2, 0) is 6.42 Å². The fourth-order valence-corrected chi connectivity index (χ4v) is 2.33. The molecule has 100 valence electrons. The lowest BCUT2D eigenvalue weighted by Crippen LogP contribution is -2.20. The maximum absolute atomic E-state index is 11.8. The van der Waals surface area contributed by atoms with Crippen LogP contribution in [0.3, 0.4) is 0 Å². The molecule has 0 aliphatic carbocycles. The van der Waals surface area contributed by atoms with Gasteiger partial charge in [-0.15, -0.1) is 0 Å². The predicted octanol–water partition coefficient (Wildman–Crippen LogP) is 2.91. The summed E-state index contributed by atoms with van der Waals surface area (Å²) in [6.45, 7) is 6.02. The van der Waals surface area contributed by atoms with Gasteiger partial charge in [0.15, 0.2) is 0 Å². The van der Waals surface area contributed by atoms with Crippen molar-refractivity contribution in [3.8, 4) is 0 Å². The van der Waals surface area contributed by atoms with Crippen molar-refractivity contribution >= 4 is 16.9 Å². The first kappa shape index (κ1) is 13.3. The van der Waals surface area contributed by atoms with Gasteiger partial charge in [0, 0.05) is 10.9 Å². The van der Waals surface area contributed by atoms with Gasteiger partial charge >= 0.3 is 5.97 Å². The average molecular weight is 259 g/mol. The Morgan fingerprint density at radius 2 is 2.05 bits per heavy atom. The quantitative estimate of drug-likeness (QED) is 0.890. The monoisotopic (exact) mass is 259 g/mol. The minimum absolute atomic E-state index is 0.143. The van der Waals surface area contributed by atoms with Crippen molar-refractivity contribution in [2.45, 2.75) is 33.1 Å².